The zero-order chi connectivity index (χ0) is 11.4. The van der Waals surface area contributed by atoms with E-state index in [4.69, 9.17) is 0 Å². The SMILES string of the molecule is Cc1ccc(C)c(NC(=O)NN(C)C)c1. The largest absolute Gasteiger partial charge is 0.333 e. The van der Waals surface area contributed by atoms with Crippen LogP contribution in [0.4, 0.5) is 10.5 Å². The smallest absolute Gasteiger partial charge is 0.307 e. The van der Waals surface area contributed by atoms with Crippen LogP contribution in [0.5, 0.6) is 0 Å². The molecule has 0 aliphatic heterocycles. The van der Waals surface area contributed by atoms with Gasteiger partial charge in [-0.1, -0.05) is 12.1 Å². The highest BCUT2D eigenvalue weighted by atomic mass is 16.2. The number of hydrazine groups is 1. The maximum atomic E-state index is 11.4. The van der Waals surface area contributed by atoms with Crippen molar-refractivity contribution in [3.8, 4) is 0 Å². The van der Waals surface area contributed by atoms with E-state index in [1.807, 2.05) is 32.0 Å². The minimum absolute atomic E-state index is 0.228. The van der Waals surface area contributed by atoms with E-state index >= 15 is 0 Å². The Morgan fingerprint density at radius 3 is 2.53 bits per heavy atom. The van der Waals surface area contributed by atoms with Crippen molar-refractivity contribution in [2.24, 2.45) is 0 Å². The Bertz CT molecular complexity index is 361. The summed E-state index contributed by atoms with van der Waals surface area (Å²) in [6, 6.07) is 5.73. The molecule has 0 unspecified atom stereocenters. The molecule has 0 aliphatic rings. The molecule has 4 heteroatoms. The second-order valence-corrected chi connectivity index (χ2v) is 3.78. The van der Waals surface area contributed by atoms with Crippen molar-refractivity contribution >= 4 is 11.7 Å². The van der Waals surface area contributed by atoms with Gasteiger partial charge in [0.05, 0.1) is 0 Å². The molecule has 1 aromatic carbocycles. The van der Waals surface area contributed by atoms with Crippen molar-refractivity contribution in [1.29, 1.82) is 0 Å². The van der Waals surface area contributed by atoms with Gasteiger partial charge in [-0.15, -0.1) is 0 Å². The third-order valence-electron chi connectivity index (χ3n) is 1.97. The normalized spacial score (nSPS) is 10.2. The molecule has 0 spiro atoms. The van der Waals surface area contributed by atoms with Gasteiger partial charge in [-0.2, -0.15) is 0 Å². The van der Waals surface area contributed by atoms with E-state index in [0.717, 1.165) is 16.8 Å². The van der Waals surface area contributed by atoms with Crippen molar-refractivity contribution < 1.29 is 4.79 Å². The van der Waals surface area contributed by atoms with Gasteiger partial charge in [-0.05, 0) is 31.0 Å². The van der Waals surface area contributed by atoms with Crippen molar-refractivity contribution in [3.05, 3.63) is 29.3 Å². The van der Waals surface area contributed by atoms with E-state index in [1.165, 1.54) is 0 Å². The summed E-state index contributed by atoms with van der Waals surface area (Å²) in [6.07, 6.45) is 0. The molecule has 1 aromatic rings. The van der Waals surface area contributed by atoms with Crippen LogP contribution in [0.15, 0.2) is 18.2 Å². The number of aryl methyl sites for hydroxylation is 2. The molecular formula is C11H17N3O. The molecule has 15 heavy (non-hydrogen) atoms. The Hall–Kier alpha value is -1.55. The summed E-state index contributed by atoms with van der Waals surface area (Å²) in [5.74, 6) is 0. The van der Waals surface area contributed by atoms with E-state index in [0.29, 0.717) is 0 Å². The fourth-order valence-electron chi connectivity index (χ4n) is 1.22. The second-order valence-electron chi connectivity index (χ2n) is 3.78. The van der Waals surface area contributed by atoms with Gasteiger partial charge in [-0.3, -0.25) is 5.43 Å². The summed E-state index contributed by atoms with van der Waals surface area (Å²) < 4.78 is 0. The molecule has 2 N–H and O–H groups in total. The van der Waals surface area contributed by atoms with Crippen LogP contribution >= 0.6 is 0 Å². The average Bonchev–Trinajstić information content (AvgIpc) is 2.10. The number of carbonyl (C=O) groups excluding carboxylic acids is 1. The first kappa shape index (κ1) is 11.5. The van der Waals surface area contributed by atoms with Crippen LogP contribution in [0.3, 0.4) is 0 Å². The summed E-state index contributed by atoms with van der Waals surface area (Å²) in [6.45, 7) is 3.96. The first-order chi connectivity index (χ1) is 6.99. The van der Waals surface area contributed by atoms with Crippen LogP contribution in [0.2, 0.25) is 0 Å². The molecule has 0 radical (unpaired) electrons. The van der Waals surface area contributed by atoms with Crippen LogP contribution in [-0.2, 0) is 0 Å². The number of nitrogens with zero attached hydrogens (tertiary/aromatic N) is 1. The van der Waals surface area contributed by atoms with Gasteiger partial charge in [0.2, 0.25) is 0 Å². The van der Waals surface area contributed by atoms with E-state index in [-0.39, 0.29) is 6.03 Å². The first-order valence-electron chi connectivity index (χ1n) is 4.81. The molecule has 0 aromatic heterocycles. The number of hydrogen-bond acceptors (Lipinski definition) is 2. The van der Waals surface area contributed by atoms with Crippen LogP contribution in [0.1, 0.15) is 11.1 Å². The maximum absolute atomic E-state index is 11.4. The average molecular weight is 207 g/mol. The lowest BCUT2D eigenvalue weighted by molar-refractivity contribution is 0.224. The van der Waals surface area contributed by atoms with E-state index in [9.17, 15) is 4.79 Å². The standard InChI is InChI=1S/C11H17N3O/c1-8-5-6-9(2)10(7-8)12-11(15)13-14(3)4/h5-7H,1-4H3,(H2,12,13,15). The lowest BCUT2D eigenvalue weighted by Gasteiger charge is -2.14. The van der Waals surface area contributed by atoms with Crippen LogP contribution in [0, 0.1) is 13.8 Å². The van der Waals surface area contributed by atoms with E-state index in [1.54, 1.807) is 19.1 Å². The Labute approximate surface area is 90.2 Å². The van der Waals surface area contributed by atoms with Gasteiger partial charge in [0.25, 0.3) is 0 Å². The summed E-state index contributed by atoms with van der Waals surface area (Å²) in [5.41, 5.74) is 5.64. The fraction of sp³-hybridized carbons (Fsp3) is 0.364. The Morgan fingerprint density at radius 2 is 1.93 bits per heavy atom. The molecule has 0 atom stereocenters. The number of rotatable bonds is 2. The van der Waals surface area contributed by atoms with Crippen molar-refractivity contribution in [2.45, 2.75) is 13.8 Å². The quantitative estimate of drug-likeness (QED) is 0.727. The Kier molecular flexibility index (Phi) is 3.68. The van der Waals surface area contributed by atoms with Gasteiger partial charge < -0.3 is 5.32 Å². The highest BCUT2D eigenvalue weighted by Crippen LogP contribution is 2.15. The van der Waals surface area contributed by atoms with Gasteiger partial charge in [0, 0.05) is 19.8 Å². The summed E-state index contributed by atoms with van der Waals surface area (Å²) in [5, 5.41) is 4.39. The molecule has 0 saturated carbocycles. The van der Waals surface area contributed by atoms with Crippen molar-refractivity contribution in [1.82, 2.24) is 10.4 Å². The molecule has 0 bridgehead atoms. The molecule has 0 aliphatic carbocycles. The molecule has 4 nitrogen and oxygen atoms in total. The molecule has 0 fully saturated rings. The number of carbonyl (C=O) groups is 1. The van der Waals surface area contributed by atoms with Crippen LogP contribution in [0.25, 0.3) is 0 Å². The highest BCUT2D eigenvalue weighted by Gasteiger charge is 2.04. The molecule has 2 amide bonds. The molecule has 1 rings (SSSR count). The Morgan fingerprint density at radius 1 is 1.27 bits per heavy atom. The lowest BCUT2D eigenvalue weighted by atomic mass is 10.1. The predicted octanol–water partition coefficient (Wildman–Crippen LogP) is 1.90. The van der Waals surface area contributed by atoms with Gasteiger partial charge in [0.15, 0.2) is 0 Å². The summed E-state index contributed by atoms with van der Waals surface area (Å²) in [4.78, 5) is 11.4. The first-order valence-corrected chi connectivity index (χ1v) is 4.81. The third-order valence-corrected chi connectivity index (χ3v) is 1.97. The highest BCUT2D eigenvalue weighted by molar-refractivity contribution is 5.89. The van der Waals surface area contributed by atoms with Crippen LogP contribution in [-0.4, -0.2) is 25.1 Å². The minimum Gasteiger partial charge on any atom is -0.307 e. The van der Waals surface area contributed by atoms with Gasteiger partial charge >= 0.3 is 6.03 Å². The topological polar surface area (TPSA) is 44.4 Å². The summed E-state index contributed by atoms with van der Waals surface area (Å²) in [7, 11) is 3.53. The Balaban J connectivity index is 2.71. The number of benzene rings is 1. The number of amides is 2. The fourth-order valence-corrected chi connectivity index (χ4v) is 1.22. The van der Waals surface area contributed by atoms with Crippen molar-refractivity contribution in [2.75, 3.05) is 19.4 Å². The number of anilines is 1. The maximum Gasteiger partial charge on any atom is 0.333 e. The van der Waals surface area contributed by atoms with Crippen LogP contribution < -0.4 is 10.7 Å². The molecule has 82 valence electrons. The molecule has 0 saturated heterocycles. The zero-order valence-electron chi connectivity index (χ0n) is 9.59. The second kappa shape index (κ2) is 4.79. The van der Waals surface area contributed by atoms with E-state index < -0.39 is 0 Å². The van der Waals surface area contributed by atoms with Crippen molar-refractivity contribution in [3.63, 3.8) is 0 Å². The molecular weight excluding hydrogens is 190 g/mol. The van der Waals surface area contributed by atoms with Gasteiger partial charge in [0.1, 0.15) is 0 Å². The zero-order valence-corrected chi connectivity index (χ0v) is 9.59. The lowest BCUT2D eigenvalue weighted by Crippen LogP contribution is -2.39. The minimum atomic E-state index is -0.228. The summed E-state index contributed by atoms with van der Waals surface area (Å²) >= 11 is 0. The predicted molar refractivity (Wildman–Crippen MR) is 61.8 cm³/mol. The number of hydrogen-bond donors (Lipinski definition) is 2. The molecule has 0 heterocycles. The van der Waals surface area contributed by atoms with E-state index in [2.05, 4.69) is 10.7 Å². The third kappa shape index (κ3) is 3.59. The monoisotopic (exact) mass is 207 g/mol. The number of nitrogens with one attached hydrogen (secondary N) is 2. The van der Waals surface area contributed by atoms with Gasteiger partial charge in [-0.25, -0.2) is 9.80 Å². The number of urea groups is 1.